The number of hydrogen-bond acceptors (Lipinski definition) is 3. The van der Waals surface area contributed by atoms with E-state index in [0.29, 0.717) is 19.3 Å². The van der Waals surface area contributed by atoms with Crippen LogP contribution in [0.5, 0.6) is 0 Å². The van der Waals surface area contributed by atoms with E-state index in [1.54, 1.807) is 25.2 Å². The van der Waals surface area contributed by atoms with Crippen LogP contribution in [0.4, 0.5) is 14.9 Å². The second kappa shape index (κ2) is 8.14. The Bertz CT molecular complexity index is 465. The van der Waals surface area contributed by atoms with Crippen LogP contribution < -0.4 is 10.6 Å². The zero-order valence-electron chi connectivity index (χ0n) is 11.5. The third kappa shape index (κ3) is 5.26. The number of ether oxygens (including phenoxy) is 1. The minimum absolute atomic E-state index is 0.147. The fourth-order valence-corrected chi connectivity index (χ4v) is 1.75. The third-order valence-corrected chi connectivity index (χ3v) is 2.87. The molecule has 0 aliphatic rings. The number of halogens is 1. The molecule has 0 aliphatic heterocycles. The number of amides is 2. The zero-order chi connectivity index (χ0) is 15.0. The van der Waals surface area contributed by atoms with Crippen molar-refractivity contribution in [3.05, 3.63) is 30.1 Å². The van der Waals surface area contributed by atoms with Crippen molar-refractivity contribution in [2.24, 2.45) is 5.73 Å². The number of anilines is 1. The summed E-state index contributed by atoms with van der Waals surface area (Å²) in [5, 5.41) is 0. The molecule has 20 heavy (non-hydrogen) atoms. The molecule has 1 aromatic rings. The summed E-state index contributed by atoms with van der Waals surface area (Å²) in [6.07, 6.45) is 1.57. The van der Waals surface area contributed by atoms with Crippen LogP contribution in [-0.4, -0.2) is 25.7 Å². The summed E-state index contributed by atoms with van der Waals surface area (Å²) in [6.45, 7) is 0.257. The first-order valence-electron chi connectivity index (χ1n) is 6.45. The number of carbonyl (C=O) groups excluding carboxylic acids is 2. The molecule has 6 heteroatoms. The molecule has 0 aromatic heterocycles. The summed E-state index contributed by atoms with van der Waals surface area (Å²) in [5.41, 5.74) is 5.09. The lowest BCUT2D eigenvalue weighted by Gasteiger charge is -2.17. The van der Waals surface area contributed by atoms with Gasteiger partial charge in [0.05, 0.1) is 12.3 Å². The van der Waals surface area contributed by atoms with Gasteiger partial charge in [0.25, 0.3) is 0 Å². The van der Waals surface area contributed by atoms with Crippen LogP contribution in [0.3, 0.4) is 0 Å². The number of para-hydroxylation sites is 1. The fourth-order valence-electron chi connectivity index (χ4n) is 1.75. The van der Waals surface area contributed by atoms with Crippen LogP contribution >= 0.6 is 0 Å². The van der Waals surface area contributed by atoms with Crippen molar-refractivity contribution in [2.45, 2.75) is 25.7 Å². The fraction of sp³-hybridized carbons (Fsp3) is 0.429. The Labute approximate surface area is 117 Å². The molecule has 0 spiro atoms. The van der Waals surface area contributed by atoms with Gasteiger partial charge in [-0.15, -0.1) is 0 Å². The Balaban J connectivity index is 2.29. The van der Waals surface area contributed by atoms with E-state index in [-0.39, 0.29) is 18.2 Å². The lowest BCUT2D eigenvalue weighted by atomic mass is 10.2. The molecule has 0 saturated heterocycles. The van der Waals surface area contributed by atoms with E-state index < -0.39 is 11.9 Å². The van der Waals surface area contributed by atoms with Crippen molar-refractivity contribution in [1.29, 1.82) is 0 Å². The second-order valence-corrected chi connectivity index (χ2v) is 4.38. The molecule has 0 fully saturated rings. The summed E-state index contributed by atoms with van der Waals surface area (Å²) >= 11 is 0. The Morgan fingerprint density at radius 2 is 1.95 bits per heavy atom. The molecular formula is C14H19FN2O3. The third-order valence-electron chi connectivity index (χ3n) is 2.87. The van der Waals surface area contributed by atoms with E-state index in [0.717, 1.165) is 6.42 Å². The molecule has 1 aromatic carbocycles. The van der Waals surface area contributed by atoms with Gasteiger partial charge >= 0.3 is 6.09 Å². The van der Waals surface area contributed by atoms with E-state index in [1.807, 2.05) is 0 Å². The Morgan fingerprint density at radius 1 is 1.25 bits per heavy atom. The van der Waals surface area contributed by atoms with Crippen molar-refractivity contribution in [2.75, 3.05) is 18.6 Å². The minimum Gasteiger partial charge on any atom is -0.450 e. The maximum absolute atomic E-state index is 13.5. The SMILES string of the molecule is CN(C(=O)CCCCCOC(N)=O)c1ccccc1F. The summed E-state index contributed by atoms with van der Waals surface area (Å²) in [6, 6.07) is 6.15. The lowest BCUT2D eigenvalue weighted by Crippen LogP contribution is -2.26. The molecule has 0 unspecified atom stereocenters. The predicted molar refractivity (Wildman–Crippen MR) is 73.8 cm³/mol. The number of rotatable bonds is 7. The molecule has 110 valence electrons. The maximum Gasteiger partial charge on any atom is 0.404 e. The summed E-state index contributed by atoms with van der Waals surface area (Å²) < 4.78 is 18.1. The van der Waals surface area contributed by atoms with Gasteiger partial charge < -0.3 is 15.4 Å². The quantitative estimate of drug-likeness (QED) is 0.781. The Hall–Kier alpha value is -2.11. The van der Waals surface area contributed by atoms with Crippen LogP contribution in [0.1, 0.15) is 25.7 Å². The molecule has 1 rings (SSSR count). The zero-order valence-corrected chi connectivity index (χ0v) is 11.5. The second-order valence-electron chi connectivity index (χ2n) is 4.38. The highest BCUT2D eigenvalue weighted by atomic mass is 19.1. The van der Waals surface area contributed by atoms with Crippen molar-refractivity contribution >= 4 is 17.7 Å². The first kappa shape index (κ1) is 15.9. The van der Waals surface area contributed by atoms with Gasteiger partial charge in [0, 0.05) is 13.5 Å². The van der Waals surface area contributed by atoms with Crippen LogP contribution in [0.25, 0.3) is 0 Å². The topological polar surface area (TPSA) is 72.6 Å². The van der Waals surface area contributed by atoms with Gasteiger partial charge in [0.1, 0.15) is 5.82 Å². The highest BCUT2D eigenvalue weighted by molar-refractivity contribution is 5.92. The number of hydrogen-bond donors (Lipinski definition) is 1. The first-order chi connectivity index (χ1) is 9.52. The van der Waals surface area contributed by atoms with Crippen molar-refractivity contribution in [3.8, 4) is 0 Å². The number of carbonyl (C=O) groups is 2. The number of unbranched alkanes of at least 4 members (excludes halogenated alkanes) is 2. The van der Waals surface area contributed by atoms with Crippen LogP contribution in [0.2, 0.25) is 0 Å². The van der Waals surface area contributed by atoms with Gasteiger partial charge in [-0.1, -0.05) is 12.1 Å². The Kier molecular flexibility index (Phi) is 6.49. The molecular weight excluding hydrogens is 263 g/mol. The molecule has 0 heterocycles. The van der Waals surface area contributed by atoms with Crippen LogP contribution in [-0.2, 0) is 9.53 Å². The maximum atomic E-state index is 13.5. The normalized spacial score (nSPS) is 10.1. The number of nitrogens with zero attached hydrogens (tertiary/aromatic N) is 1. The monoisotopic (exact) mass is 282 g/mol. The van der Waals surface area contributed by atoms with Gasteiger partial charge in [-0.3, -0.25) is 4.79 Å². The molecule has 0 bridgehead atoms. The minimum atomic E-state index is -0.791. The van der Waals surface area contributed by atoms with Crippen molar-refractivity contribution in [3.63, 3.8) is 0 Å². The van der Waals surface area contributed by atoms with Crippen LogP contribution in [0.15, 0.2) is 24.3 Å². The molecule has 0 atom stereocenters. The van der Waals surface area contributed by atoms with E-state index >= 15 is 0 Å². The van der Waals surface area contributed by atoms with E-state index in [2.05, 4.69) is 4.74 Å². The molecule has 5 nitrogen and oxygen atoms in total. The van der Waals surface area contributed by atoms with Crippen molar-refractivity contribution in [1.82, 2.24) is 0 Å². The lowest BCUT2D eigenvalue weighted by molar-refractivity contribution is -0.118. The largest absolute Gasteiger partial charge is 0.450 e. The Morgan fingerprint density at radius 3 is 2.60 bits per heavy atom. The number of benzene rings is 1. The van der Waals surface area contributed by atoms with Crippen molar-refractivity contribution < 1.29 is 18.7 Å². The standard InChI is InChI=1S/C14H19FN2O3/c1-17(12-8-5-4-7-11(12)15)13(18)9-3-2-6-10-20-14(16)19/h4-5,7-8H,2-3,6,9-10H2,1H3,(H2,16,19). The number of nitrogens with two attached hydrogens (primary N) is 1. The number of primary amides is 1. The highest BCUT2D eigenvalue weighted by Crippen LogP contribution is 2.18. The summed E-state index contributed by atoms with van der Waals surface area (Å²) in [7, 11) is 1.55. The van der Waals surface area contributed by atoms with Gasteiger partial charge in [0.15, 0.2) is 0 Å². The smallest absolute Gasteiger partial charge is 0.404 e. The predicted octanol–water partition coefficient (Wildman–Crippen LogP) is 2.44. The molecule has 0 radical (unpaired) electrons. The average Bonchev–Trinajstić information content (AvgIpc) is 2.42. The van der Waals surface area contributed by atoms with E-state index in [1.165, 1.54) is 11.0 Å². The van der Waals surface area contributed by atoms with Crippen LogP contribution in [0, 0.1) is 5.82 Å². The highest BCUT2D eigenvalue weighted by Gasteiger charge is 2.13. The average molecular weight is 282 g/mol. The van der Waals surface area contributed by atoms with Gasteiger partial charge in [-0.2, -0.15) is 0 Å². The molecule has 2 amide bonds. The summed E-state index contributed by atoms with van der Waals surface area (Å²) in [4.78, 5) is 23.5. The molecule has 2 N–H and O–H groups in total. The van der Waals surface area contributed by atoms with E-state index in [4.69, 9.17) is 5.73 Å². The van der Waals surface area contributed by atoms with Gasteiger partial charge in [-0.05, 0) is 31.4 Å². The first-order valence-corrected chi connectivity index (χ1v) is 6.45. The van der Waals surface area contributed by atoms with E-state index in [9.17, 15) is 14.0 Å². The van der Waals surface area contributed by atoms with Gasteiger partial charge in [0.2, 0.25) is 5.91 Å². The summed E-state index contributed by atoms with van der Waals surface area (Å²) in [5.74, 6) is -0.566. The van der Waals surface area contributed by atoms with Gasteiger partial charge in [-0.25, -0.2) is 9.18 Å². The molecule has 0 aliphatic carbocycles. The molecule has 0 saturated carbocycles.